The van der Waals surface area contributed by atoms with E-state index in [4.69, 9.17) is 10.8 Å². The summed E-state index contributed by atoms with van der Waals surface area (Å²) in [6.45, 7) is 8.66. The summed E-state index contributed by atoms with van der Waals surface area (Å²) >= 11 is 0. The second-order valence-electron chi connectivity index (χ2n) is 6.20. The quantitative estimate of drug-likeness (QED) is 0.677. The lowest BCUT2D eigenvalue weighted by molar-refractivity contribution is -0.136. The highest BCUT2D eigenvalue weighted by Gasteiger charge is 2.61. The van der Waals surface area contributed by atoms with Gasteiger partial charge >= 0.3 is 5.97 Å². The fraction of sp³-hybridized carbons (Fsp3) is 0.909. The number of rotatable bonds is 4. The van der Waals surface area contributed by atoms with Gasteiger partial charge in [0.1, 0.15) is 0 Å². The molecule has 0 aromatic heterocycles. The Morgan fingerprint density at radius 3 is 2.00 bits per heavy atom. The van der Waals surface area contributed by atoms with Gasteiger partial charge in [-0.15, -0.1) is 0 Å². The molecule has 7 heteroatoms. The predicted molar refractivity (Wildman–Crippen MR) is 68.5 cm³/mol. The average Bonchev–Trinajstić information content (AvgIpc) is 2.23. The van der Waals surface area contributed by atoms with Crippen LogP contribution in [0.1, 0.15) is 34.6 Å². The van der Waals surface area contributed by atoms with Crippen molar-refractivity contribution in [2.24, 2.45) is 16.6 Å². The Hall–Kier alpha value is -0.660. The summed E-state index contributed by atoms with van der Waals surface area (Å²) in [5.41, 5.74) is 5.24. The van der Waals surface area contributed by atoms with Gasteiger partial charge in [0.15, 0.2) is 5.25 Å². The van der Waals surface area contributed by atoms with Gasteiger partial charge < -0.3 is 10.8 Å². The van der Waals surface area contributed by atoms with Gasteiger partial charge in [0.25, 0.3) is 0 Å². The Morgan fingerprint density at radius 2 is 1.67 bits per heavy atom. The standard InChI is InChI=1S/C11H22N2O4S/c1-6(7(14)15)18(16,17)13-9-10(2,3)8(12)11(9,4)5/h6,8-9,13H,12H2,1-5H3,(H,14,15). The molecule has 1 atom stereocenters. The topological polar surface area (TPSA) is 109 Å². The molecule has 0 saturated heterocycles. The number of carboxylic acid groups (broad SMARTS) is 1. The van der Waals surface area contributed by atoms with E-state index in [1.54, 1.807) is 0 Å². The molecule has 18 heavy (non-hydrogen) atoms. The Balaban J connectivity index is 2.96. The third-order valence-corrected chi connectivity index (χ3v) is 5.88. The third kappa shape index (κ3) is 2.15. The molecule has 1 aliphatic carbocycles. The van der Waals surface area contributed by atoms with E-state index in [-0.39, 0.29) is 12.1 Å². The van der Waals surface area contributed by atoms with Crippen LogP contribution in [0.3, 0.4) is 0 Å². The van der Waals surface area contributed by atoms with Crippen molar-refractivity contribution in [1.82, 2.24) is 4.72 Å². The van der Waals surface area contributed by atoms with E-state index in [1.165, 1.54) is 0 Å². The number of sulfonamides is 1. The zero-order valence-corrected chi connectivity index (χ0v) is 12.2. The zero-order valence-electron chi connectivity index (χ0n) is 11.4. The van der Waals surface area contributed by atoms with Gasteiger partial charge in [0, 0.05) is 12.1 Å². The Morgan fingerprint density at radius 1 is 1.28 bits per heavy atom. The summed E-state index contributed by atoms with van der Waals surface area (Å²) in [5, 5.41) is 7.32. The minimum Gasteiger partial charge on any atom is -0.480 e. The third-order valence-electron chi connectivity index (χ3n) is 4.19. The van der Waals surface area contributed by atoms with Crippen LogP contribution >= 0.6 is 0 Å². The summed E-state index contributed by atoms with van der Waals surface area (Å²) in [4.78, 5) is 10.8. The zero-order chi connectivity index (χ0) is 14.5. The average molecular weight is 278 g/mol. The number of carboxylic acids is 1. The molecule has 0 bridgehead atoms. The molecule has 1 fully saturated rings. The minimum absolute atomic E-state index is 0.141. The van der Waals surface area contributed by atoms with Gasteiger partial charge in [-0.1, -0.05) is 27.7 Å². The lowest BCUT2D eigenvalue weighted by atomic mass is 9.49. The molecule has 1 aliphatic rings. The van der Waals surface area contributed by atoms with Crippen molar-refractivity contribution in [2.75, 3.05) is 0 Å². The second-order valence-corrected chi connectivity index (χ2v) is 8.23. The number of nitrogens with two attached hydrogens (primary N) is 1. The maximum Gasteiger partial charge on any atom is 0.323 e. The van der Waals surface area contributed by atoms with Crippen LogP contribution < -0.4 is 10.5 Å². The first-order valence-corrected chi connectivity index (χ1v) is 7.39. The molecule has 1 unspecified atom stereocenters. The van der Waals surface area contributed by atoms with Crippen LogP contribution in [0.4, 0.5) is 0 Å². The number of hydrogen-bond acceptors (Lipinski definition) is 4. The van der Waals surface area contributed by atoms with Gasteiger partial charge in [-0.2, -0.15) is 0 Å². The highest BCUT2D eigenvalue weighted by atomic mass is 32.2. The van der Waals surface area contributed by atoms with Crippen molar-refractivity contribution in [3.8, 4) is 0 Å². The first-order valence-electron chi connectivity index (χ1n) is 5.84. The lowest BCUT2D eigenvalue weighted by Gasteiger charge is -2.62. The number of hydrogen-bond donors (Lipinski definition) is 3. The molecule has 0 amide bonds. The Bertz CT molecular complexity index is 440. The number of aliphatic carboxylic acids is 1. The van der Waals surface area contributed by atoms with Gasteiger partial charge in [-0.25, -0.2) is 13.1 Å². The molecule has 1 rings (SSSR count). The first kappa shape index (κ1) is 15.4. The molecule has 0 aromatic rings. The van der Waals surface area contributed by atoms with E-state index in [2.05, 4.69) is 4.72 Å². The lowest BCUT2D eigenvalue weighted by Crippen LogP contribution is -2.76. The maximum absolute atomic E-state index is 11.9. The van der Waals surface area contributed by atoms with E-state index in [0.717, 1.165) is 6.92 Å². The van der Waals surface area contributed by atoms with E-state index in [1.807, 2.05) is 27.7 Å². The highest BCUT2D eigenvalue weighted by molar-refractivity contribution is 7.90. The van der Waals surface area contributed by atoms with Crippen LogP contribution in [-0.2, 0) is 14.8 Å². The molecule has 0 aliphatic heterocycles. The smallest absolute Gasteiger partial charge is 0.323 e. The largest absolute Gasteiger partial charge is 0.480 e. The monoisotopic (exact) mass is 278 g/mol. The van der Waals surface area contributed by atoms with E-state index < -0.39 is 32.1 Å². The fourth-order valence-electron chi connectivity index (χ4n) is 2.88. The molecular formula is C11H22N2O4S. The van der Waals surface area contributed by atoms with Crippen LogP contribution in [0.15, 0.2) is 0 Å². The van der Waals surface area contributed by atoms with Crippen molar-refractivity contribution in [3.05, 3.63) is 0 Å². The predicted octanol–water partition coefficient (Wildman–Crippen LogP) is 0.141. The van der Waals surface area contributed by atoms with Crippen LogP contribution in [0, 0.1) is 10.8 Å². The number of nitrogens with one attached hydrogen (secondary N) is 1. The van der Waals surface area contributed by atoms with E-state index in [0.29, 0.717) is 0 Å². The van der Waals surface area contributed by atoms with Crippen molar-refractivity contribution in [3.63, 3.8) is 0 Å². The Labute approximate surface area is 108 Å². The molecule has 0 radical (unpaired) electrons. The molecule has 4 N–H and O–H groups in total. The Kier molecular flexibility index (Phi) is 3.57. The summed E-state index contributed by atoms with van der Waals surface area (Å²) in [6.07, 6.45) is 0. The second kappa shape index (κ2) is 4.18. The molecule has 0 spiro atoms. The summed E-state index contributed by atoms with van der Waals surface area (Å²) in [5.74, 6) is -1.36. The summed E-state index contributed by atoms with van der Waals surface area (Å²) in [7, 11) is -3.89. The first-order chi connectivity index (χ1) is 7.85. The summed E-state index contributed by atoms with van der Waals surface area (Å²) < 4.78 is 26.3. The maximum atomic E-state index is 11.9. The van der Waals surface area contributed by atoms with Gasteiger partial charge in [-0.3, -0.25) is 4.79 Å². The van der Waals surface area contributed by atoms with Crippen molar-refractivity contribution < 1.29 is 18.3 Å². The summed E-state index contributed by atoms with van der Waals surface area (Å²) in [6, 6.07) is -0.510. The van der Waals surface area contributed by atoms with Gasteiger partial charge in [-0.05, 0) is 17.8 Å². The van der Waals surface area contributed by atoms with Crippen LogP contribution in [0.25, 0.3) is 0 Å². The van der Waals surface area contributed by atoms with Crippen LogP contribution in [-0.4, -0.2) is 36.8 Å². The van der Waals surface area contributed by atoms with Crippen LogP contribution in [0.2, 0.25) is 0 Å². The highest BCUT2D eigenvalue weighted by Crippen LogP contribution is 2.52. The molecule has 106 valence electrons. The van der Waals surface area contributed by atoms with E-state index >= 15 is 0 Å². The SMILES string of the molecule is CC(C(=O)O)S(=O)(=O)NC1C(C)(C)C(N)C1(C)C. The molecule has 6 nitrogen and oxygen atoms in total. The van der Waals surface area contributed by atoms with Crippen molar-refractivity contribution >= 4 is 16.0 Å². The number of carbonyl (C=O) groups is 1. The van der Waals surface area contributed by atoms with Crippen molar-refractivity contribution in [2.45, 2.75) is 52.0 Å². The molecular weight excluding hydrogens is 256 g/mol. The van der Waals surface area contributed by atoms with Crippen molar-refractivity contribution in [1.29, 1.82) is 0 Å². The van der Waals surface area contributed by atoms with E-state index in [9.17, 15) is 13.2 Å². The van der Waals surface area contributed by atoms with Gasteiger partial charge in [0.05, 0.1) is 0 Å². The van der Waals surface area contributed by atoms with Crippen LogP contribution in [0.5, 0.6) is 0 Å². The van der Waals surface area contributed by atoms with Gasteiger partial charge in [0.2, 0.25) is 10.0 Å². The molecule has 0 aromatic carbocycles. The molecule has 0 heterocycles. The normalized spacial score (nSPS) is 31.4. The fourth-order valence-corrected chi connectivity index (χ4v) is 4.29. The molecule has 1 saturated carbocycles. The minimum atomic E-state index is -3.89.